The highest BCUT2D eigenvalue weighted by Gasteiger charge is 2.43. The van der Waals surface area contributed by atoms with Gasteiger partial charge in [-0.2, -0.15) is 0 Å². The van der Waals surface area contributed by atoms with E-state index in [9.17, 15) is 9.18 Å². The van der Waals surface area contributed by atoms with E-state index in [1.807, 2.05) is 0 Å². The van der Waals surface area contributed by atoms with Gasteiger partial charge in [-0.3, -0.25) is 4.79 Å². The predicted molar refractivity (Wildman–Crippen MR) is 95.1 cm³/mol. The molecule has 1 unspecified atom stereocenters. The van der Waals surface area contributed by atoms with Gasteiger partial charge in [0.05, 0.1) is 6.33 Å². The first-order valence-electron chi connectivity index (χ1n) is 8.14. The van der Waals surface area contributed by atoms with E-state index in [0.717, 1.165) is 0 Å². The van der Waals surface area contributed by atoms with Gasteiger partial charge in [0, 0.05) is 22.5 Å². The van der Waals surface area contributed by atoms with Gasteiger partial charge in [-0.15, -0.1) is 0 Å². The molecule has 1 aromatic carbocycles. The molecule has 3 aromatic rings. The molecular formula is C17H16ClFN6O. The van der Waals surface area contributed by atoms with Crippen LogP contribution < -0.4 is 11.1 Å². The molecule has 2 aromatic heterocycles. The fraction of sp³-hybridized carbons (Fsp3) is 0.294. The number of nitrogens with two attached hydrogens (primary N) is 1. The fourth-order valence-corrected chi connectivity index (χ4v) is 3.42. The third-order valence-corrected chi connectivity index (χ3v) is 5.00. The van der Waals surface area contributed by atoms with E-state index < -0.39 is 6.04 Å². The third-order valence-electron chi connectivity index (χ3n) is 4.67. The van der Waals surface area contributed by atoms with E-state index in [1.54, 1.807) is 23.6 Å². The van der Waals surface area contributed by atoms with Crippen molar-refractivity contribution in [1.82, 2.24) is 24.8 Å². The van der Waals surface area contributed by atoms with Crippen molar-refractivity contribution in [2.24, 2.45) is 0 Å². The Hall–Kier alpha value is -2.74. The van der Waals surface area contributed by atoms with E-state index in [1.165, 1.54) is 18.7 Å². The first kappa shape index (κ1) is 16.7. The number of fused-ring (bicyclic) bond motifs is 1. The number of anilines is 1. The normalized spacial score (nSPS) is 20.1. The number of carbonyl (C=O) groups excluding carboxylic acids is 1. The smallest absolute Gasteiger partial charge is 0.243 e. The quantitative estimate of drug-likeness (QED) is 0.730. The van der Waals surface area contributed by atoms with E-state index in [-0.39, 0.29) is 29.5 Å². The van der Waals surface area contributed by atoms with E-state index in [0.29, 0.717) is 28.2 Å². The Bertz CT molecular complexity index is 986. The van der Waals surface area contributed by atoms with Crippen molar-refractivity contribution in [3.05, 3.63) is 47.3 Å². The fourth-order valence-electron chi connectivity index (χ4n) is 3.12. The molecule has 134 valence electrons. The molecule has 0 spiro atoms. The van der Waals surface area contributed by atoms with Crippen molar-refractivity contribution in [3.8, 4) is 0 Å². The lowest BCUT2D eigenvalue weighted by molar-refractivity contribution is -0.124. The highest BCUT2D eigenvalue weighted by atomic mass is 35.5. The maximum Gasteiger partial charge on any atom is 0.243 e. The van der Waals surface area contributed by atoms with E-state index in [2.05, 4.69) is 20.3 Å². The van der Waals surface area contributed by atoms with Crippen LogP contribution in [0.3, 0.4) is 0 Å². The summed E-state index contributed by atoms with van der Waals surface area (Å²) in [5.74, 6) is -0.406. The molecule has 1 amide bonds. The Balaban J connectivity index is 1.50. The lowest BCUT2D eigenvalue weighted by Gasteiger charge is -2.14. The molecule has 1 aliphatic carbocycles. The highest BCUT2D eigenvalue weighted by Crippen LogP contribution is 2.45. The maximum absolute atomic E-state index is 14.0. The minimum absolute atomic E-state index is 0.114. The number of aromatic nitrogens is 4. The Kier molecular flexibility index (Phi) is 3.99. The van der Waals surface area contributed by atoms with Crippen molar-refractivity contribution in [1.29, 1.82) is 0 Å². The van der Waals surface area contributed by atoms with E-state index in [4.69, 9.17) is 17.3 Å². The molecular weight excluding hydrogens is 359 g/mol. The molecule has 1 saturated carbocycles. The lowest BCUT2D eigenvalue weighted by Crippen LogP contribution is -2.33. The first-order valence-corrected chi connectivity index (χ1v) is 8.52. The average Bonchev–Trinajstić information content (AvgIpc) is 3.19. The van der Waals surface area contributed by atoms with Crippen LogP contribution in [0, 0.1) is 5.82 Å². The summed E-state index contributed by atoms with van der Waals surface area (Å²) in [5.41, 5.74) is 7.17. The van der Waals surface area contributed by atoms with Crippen LogP contribution in [0.15, 0.2) is 30.9 Å². The SMILES string of the molecule is CC(C(=O)N[C@@H]1C[C@H]1c1c(F)cccc1Cl)n1cnc2c(N)ncnc21. The molecule has 1 aliphatic rings. The second-order valence-electron chi connectivity index (χ2n) is 6.35. The van der Waals surface area contributed by atoms with Gasteiger partial charge in [0.2, 0.25) is 5.91 Å². The molecule has 0 aliphatic heterocycles. The van der Waals surface area contributed by atoms with Crippen LogP contribution in [0.1, 0.15) is 30.9 Å². The molecule has 26 heavy (non-hydrogen) atoms. The predicted octanol–water partition coefficient (Wildman–Crippen LogP) is 2.43. The van der Waals surface area contributed by atoms with Crippen LogP contribution in [0.4, 0.5) is 10.2 Å². The standard InChI is InChI=1S/C17H16ClFN6O/c1-8(25-7-23-14-15(20)21-6-22-16(14)25)17(26)24-12-5-9(12)13-10(18)3-2-4-11(13)19/h2-4,6-9,12H,5H2,1H3,(H,24,26)(H2,20,21,22)/t8?,9-,12-/m1/s1. The number of amides is 1. The van der Waals surface area contributed by atoms with Gasteiger partial charge in [-0.05, 0) is 25.5 Å². The monoisotopic (exact) mass is 374 g/mol. The van der Waals surface area contributed by atoms with Crippen LogP contribution in [0.2, 0.25) is 5.02 Å². The number of carbonyl (C=O) groups is 1. The molecule has 1 fully saturated rings. The zero-order valence-electron chi connectivity index (χ0n) is 13.9. The molecule has 2 heterocycles. The molecule has 9 heteroatoms. The number of hydrogen-bond acceptors (Lipinski definition) is 5. The van der Waals surface area contributed by atoms with Gasteiger partial charge in [0.15, 0.2) is 11.5 Å². The van der Waals surface area contributed by atoms with Gasteiger partial charge in [0.25, 0.3) is 0 Å². The van der Waals surface area contributed by atoms with Gasteiger partial charge in [-0.1, -0.05) is 17.7 Å². The van der Waals surface area contributed by atoms with Crippen LogP contribution in [0.25, 0.3) is 11.2 Å². The minimum Gasteiger partial charge on any atom is -0.382 e. The molecule has 0 saturated heterocycles. The Morgan fingerprint density at radius 3 is 3.00 bits per heavy atom. The Morgan fingerprint density at radius 2 is 2.23 bits per heavy atom. The van der Waals surface area contributed by atoms with Crippen LogP contribution in [0.5, 0.6) is 0 Å². The number of benzene rings is 1. The summed E-state index contributed by atoms with van der Waals surface area (Å²) in [6.45, 7) is 1.74. The summed E-state index contributed by atoms with van der Waals surface area (Å²) in [7, 11) is 0. The van der Waals surface area contributed by atoms with Crippen LogP contribution in [-0.4, -0.2) is 31.5 Å². The average molecular weight is 375 g/mol. The van der Waals surface area contributed by atoms with Crippen molar-refractivity contribution >= 4 is 34.5 Å². The molecule has 3 atom stereocenters. The third kappa shape index (κ3) is 2.76. The summed E-state index contributed by atoms with van der Waals surface area (Å²) >= 11 is 6.10. The van der Waals surface area contributed by atoms with E-state index >= 15 is 0 Å². The lowest BCUT2D eigenvalue weighted by atomic mass is 10.1. The number of halogens is 2. The van der Waals surface area contributed by atoms with Crippen LogP contribution in [-0.2, 0) is 4.79 Å². The number of hydrogen-bond donors (Lipinski definition) is 2. The summed E-state index contributed by atoms with van der Waals surface area (Å²) in [4.78, 5) is 24.8. The summed E-state index contributed by atoms with van der Waals surface area (Å²) in [6.07, 6.45) is 3.49. The first-order chi connectivity index (χ1) is 12.5. The second-order valence-corrected chi connectivity index (χ2v) is 6.76. The number of imidazole rings is 1. The Morgan fingerprint density at radius 1 is 1.42 bits per heavy atom. The molecule has 0 radical (unpaired) electrons. The molecule has 7 nitrogen and oxygen atoms in total. The van der Waals surface area contributed by atoms with Crippen molar-refractivity contribution in [3.63, 3.8) is 0 Å². The second kappa shape index (κ2) is 6.21. The number of rotatable bonds is 4. The maximum atomic E-state index is 14.0. The van der Waals surface area contributed by atoms with Gasteiger partial charge in [-0.25, -0.2) is 19.3 Å². The highest BCUT2D eigenvalue weighted by molar-refractivity contribution is 6.31. The van der Waals surface area contributed by atoms with Gasteiger partial charge >= 0.3 is 0 Å². The summed E-state index contributed by atoms with van der Waals surface area (Å²) in [6, 6.07) is 3.90. The minimum atomic E-state index is -0.549. The van der Waals surface area contributed by atoms with Crippen molar-refractivity contribution in [2.45, 2.75) is 31.3 Å². The number of nitrogens with one attached hydrogen (secondary N) is 1. The summed E-state index contributed by atoms with van der Waals surface area (Å²) < 4.78 is 15.6. The Labute approximate surface area is 153 Å². The van der Waals surface area contributed by atoms with Gasteiger partial charge < -0.3 is 15.6 Å². The topological polar surface area (TPSA) is 98.7 Å². The molecule has 3 N–H and O–H groups in total. The largest absolute Gasteiger partial charge is 0.382 e. The van der Waals surface area contributed by atoms with Crippen molar-refractivity contribution in [2.75, 3.05) is 5.73 Å². The molecule has 0 bridgehead atoms. The molecule has 4 rings (SSSR count). The van der Waals surface area contributed by atoms with Gasteiger partial charge in [0.1, 0.15) is 23.7 Å². The number of nitrogens with zero attached hydrogens (tertiary/aromatic N) is 4. The zero-order valence-corrected chi connectivity index (χ0v) is 14.6. The number of nitrogen functional groups attached to an aromatic ring is 1. The zero-order chi connectivity index (χ0) is 18.4. The van der Waals surface area contributed by atoms with Crippen molar-refractivity contribution < 1.29 is 9.18 Å². The summed E-state index contributed by atoms with van der Waals surface area (Å²) in [5, 5.41) is 3.32. The van der Waals surface area contributed by atoms with Crippen LogP contribution >= 0.6 is 11.6 Å².